The molecule has 2 aromatic rings. The van der Waals surface area contributed by atoms with Gasteiger partial charge in [0.1, 0.15) is 11.1 Å². The monoisotopic (exact) mass is 339 g/mol. The van der Waals surface area contributed by atoms with Crippen molar-refractivity contribution < 1.29 is 4.79 Å². The Morgan fingerprint density at radius 3 is 2.58 bits per heavy atom. The molecule has 0 atom stereocenters. The molecule has 4 nitrogen and oxygen atoms in total. The SMILES string of the molecule is Cc1ccc(NC(=O)CCSc2nc(C(C)C)ccc2C#N)cc1. The summed E-state index contributed by atoms with van der Waals surface area (Å²) in [6.45, 7) is 6.14. The number of aryl methyl sites for hydroxylation is 1. The Balaban J connectivity index is 1.91. The van der Waals surface area contributed by atoms with Gasteiger partial charge in [-0.15, -0.1) is 11.8 Å². The number of benzene rings is 1. The average Bonchev–Trinajstić information content (AvgIpc) is 2.56. The molecule has 124 valence electrons. The Kier molecular flexibility index (Phi) is 6.39. The number of pyridine rings is 1. The van der Waals surface area contributed by atoms with E-state index in [1.165, 1.54) is 11.8 Å². The van der Waals surface area contributed by atoms with Crippen LogP contribution in [0.4, 0.5) is 5.69 Å². The van der Waals surface area contributed by atoms with E-state index in [0.717, 1.165) is 16.9 Å². The van der Waals surface area contributed by atoms with Crippen molar-refractivity contribution >= 4 is 23.4 Å². The van der Waals surface area contributed by atoms with Crippen LogP contribution in [-0.4, -0.2) is 16.6 Å². The van der Waals surface area contributed by atoms with E-state index < -0.39 is 0 Å². The minimum absolute atomic E-state index is 0.0372. The molecule has 0 fully saturated rings. The molecule has 0 unspecified atom stereocenters. The number of hydrogen-bond donors (Lipinski definition) is 1. The van der Waals surface area contributed by atoms with Gasteiger partial charge in [0.2, 0.25) is 5.91 Å². The van der Waals surface area contributed by atoms with Gasteiger partial charge >= 0.3 is 0 Å². The van der Waals surface area contributed by atoms with E-state index in [1.807, 2.05) is 37.3 Å². The fourth-order valence-electron chi connectivity index (χ4n) is 2.07. The van der Waals surface area contributed by atoms with Crippen LogP contribution in [0.5, 0.6) is 0 Å². The molecule has 0 saturated carbocycles. The second-order valence-corrected chi connectivity index (χ2v) is 6.95. The van der Waals surface area contributed by atoms with Crippen molar-refractivity contribution in [3.05, 3.63) is 53.2 Å². The van der Waals surface area contributed by atoms with Crippen LogP contribution < -0.4 is 5.32 Å². The first-order chi connectivity index (χ1) is 11.5. The lowest BCUT2D eigenvalue weighted by molar-refractivity contribution is -0.115. The predicted molar refractivity (Wildman–Crippen MR) is 98.2 cm³/mol. The molecule has 0 aliphatic rings. The molecule has 0 saturated heterocycles. The lowest BCUT2D eigenvalue weighted by Gasteiger charge is -2.09. The quantitative estimate of drug-likeness (QED) is 0.787. The number of nitrogens with one attached hydrogen (secondary N) is 1. The van der Waals surface area contributed by atoms with Gasteiger partial charge in [0, 0.05) is 23.6 Å². The summed E-state index contributed by atoms with van der Waals surface area (Å²) in [5.41, 5.74) is 3.47. The third kappa shape index (κ3) is 5.10. The van der Waals surface area contributed by atoms with Gasteiger partial charge < -0.3 is 5.32 Å². The van der Waals surface area contributed by atoms with Crippen LogP contribution in [0.1, 0.15) is 43.0 Å². The van der Waals surface area contributed by atoms with Crippen LogP contribution in [0.25, 0.3) is 0 Å². The molecule has 0 aliphatic heterocycles. The molecule has 1 amide bonds. The third-order valence-electron chi connectivity index (χ3n) is 3.50. The smallest absolute Gasteiger partial charge is 0.225 e. The van der Waals surface area contributed by atoms with Gasteiger partial charge in [-0.05, 0) is 37.1 Å². The minimum Gasteiger partial charge on any atom is -0.326 e. The number of nitrogens with zero attached hydrogens (tertiary/aromatic N) is 2. The van der Waals surface area contributed by atoms with Crippen molar-refractivity contribution in [1.29, 1.82) is 5.26 Å². The van der Waals surface area contributed by atoms with Crippen molar-refractivity contribution in [3.8, 4) is 6.07 Å². The van der Waals surface area contributed by atoms with Crippen molar-refractivity contribution in [2.24, 2.45) is 0 Å². The number of nitriles is 1. The number of rotatable bonds is 6. The summed E-state index contributed by atoms with van der Waals surface area (Å²) in [4.78, 5) is 16.5. The fraction of sp³-hybridized carbons (Fsp3) is 0.316. The van der Waals surface area contributed by atoms with E-state index in [-0.39, 0.29) is 5.91 Å². The van der Waals surface area contributed by atoms with E-state index in [1.54, 1.807) is 6.07 Å². The second kappa shape index (κ2) is 8.51. The van der Waals surface area contributed by atoms with Crippen molar-refractivity contribution in [2.45, 2.75) is 38.1 Å². The highest BCUT2D eigenvalue weighted by atomic mass is 32.2. The molecular formula is C19H21N3OS. The average molecular weight is 339 g/mol. The van der Waals surface area contributed by atoms with Crippen LogP contribution in [0, 0.1) is 18.3 Å². The van der Waals surface area contributed by atoms with Crippen molar-refractivity contribution in [3.63, 3.8) is 0 Å². The zero-order valence-electron chi connectivity index (χ0n) is 14.2. The predicted octanol–water partition coefficient (Wildman–Crippen LogP) is 4.51. The maximum Gasteiger partial charge on any atom is 0.225 e. The van der Waals surface area contributed by atoms with Crippen molar-refractivity contribution in [2.75, 3.05) is 11.1 Å². The zero-order valence-corrected chi connectivity index (χ0v) is 15.0. The molecule has 0 spiro atoms. The lowest BCUT2D eigenvalue weighted by atomic mass is 10.1. The van der Waals surface area contributed by atoms with E-state index in [2.05, 4.69) is 30.2 Å². The number of thioether (sulfide) groups is 1. The first-order valence-electron chi connectivity index (χ1n) is 7.90. The summed E-state index contributed by atoms with van der Waals surface area (Å²) in [6, 6.07) is 13.6. The Morgan fingerprint density at radius 1 is 1.25 bits per heavy atom. The minimum atomic E-state index is -0.0372. The Morgan fingerprint density at radius 2 is 1.96 bits per heavy atom. The van der Waals surface area contributed by atoms with Gasteiger partial charge in [0.05, 0.1) is 5.56 Å². The largest absolute Gasteiger partial charge is 0.326 e. The highest BCUT2D eigenvalue weighted by Crippen LogP contribution is 2.24. The number of aromatic nitrogens is 1. The summed E-state index contributed by atoms with van der Waals surface area (Å²) in [5, 5.41) is 12.8. The Hall–Kier alpha value is -2.32. The number of amides is 1. The standard InChI is InChI=1S/C19H21N3OS/c1-13(2)17-9-6-15(12-20)19(22-17)24-11-10-18(23)21-16-7-4-14(3)5-8-16/h4-9,13H,10-11H2,1-3H3,(H,21,23). The molecule has 0 aliphatic carbocycles. The van der Waals surface area contributed by atoms with Crippen LogP contribution in [0.15, 0.2) is 41.4 Å². The van der Waals surface area contributed by atoms with Gasteiger partial charge in [-0.2, -0.15) is 5.26 Å². The van der Waals surface area contributed by atoms with Gasteiger partial charge in [-0.3, -0.25) is 4.79 Å². The van der Waals surface area contributed by atoms with E-state index in [0.29, 0.717) is 28.7 Å². The molecule has 24 heavy (non-hydrogen) atoms. The first kappa shape index (κ1) is 18.0. The molecule has 0 radical (unpaired) electrons. The van der Waals surface area contributed by atoms with Crippen molar-refractivity contribution in [1.82, 2.24) is 4.98 Å². The highest BCUT2D eigenvalue weighted by Gasteiger charge is 2.10. The topological polar surface area (TPSA) is 65.8 Å². The summed E-state index contributed by atoms with van der Waals surface area (Å²) >= 11 is 1.45. The van der Waals surface area contributed by atoms with Gasteiger partial charge in [0.25, 0.3) is 0 Å². The number of hydrogen-bond acceptors (Lipinski definition) is 4. The second-order valence-electron chi connectivity index (χ2n) is 5.87. The summed E-state index contributed by atoms with van der Waals surface area (Å²) in [6.07, 6.45) is 0.372. The maximum absolute atomic E-state index is 12.0. The fourth-order valence-corrected chi connectivity index (χ4v) is 2.99. The molecule has 5 heteroatoms. The molecular weight excluding hydrogens is 318 g/mol. The number of carbonyl (C=O) groups is 1. The van der Waals surface area contributed by atoms with Crippen LogP contribution in [-0.2, 0) is 4.79 Å². The highest BCUT2D eigenvalue weighted by molar-refractivity contribution is 7.99. The maximum atomic E-state index is 12.0. The molecule has 2 rings (SSSR count). The molecule has 0 bridgehead atoms. The molecule has 1 heterocycles. The van der Waals surface area contributed by atoms with Crippen LogP contribution >= 0.6 is 11.8 Å². The van der Waals surface area contributed by atoms with E-state index >= 15 is 0 Å². The zero-order chi connectivity index (χ0) is 17.5. The molecule has 1 N–H and O–H groups in total. The summed E-state index contributed by atoms with van der Waals surface area (Å²) in [7, 11) is 0. The van der Waals surface area contributed by atoms with Crippen LogP contribution in [0.3, 0.4) is 0 Å². The molecule has 1 aromatic carbocycles. The Bertz CT molecular complexity index is 748. The first-order valence-corrected chi connectivity index (χ1v) is 8.88. The summed E-state index contributed by atoms with van der Waals surface area (Å²) in [5.74, 6) is 0.854. The van der Waals surface area contributed by atoms with Gasteiger partial charge in [0.15, 0.2) is 0 Å². The van der Waals surface area contributed by atoms with Gasteiger partial charge in [-0.25, -0.2) is 4.98 Å². The van der Waals surface area contributed by atoms with E-state index in [9.17, 15) is 10.1 Å². The molecule has 1 aromatic heterocycles. The van der Waals surface area contributed by atoms with E-state index in [4.69, 9.17) is 0 Å². The Labute approximate surface area is 147 Å². The lowest BCUT2D eigenvalue weighted by Crippen LogP contribution is -2.12. The van der Waals surface area contributed by atoms with Gasteiger partial charge in [-0.1, -0.05) is 31.5 Å². The third-order valence-corrected chi connectivity index (χ3v) is 4.49. The normalized spacial score (nSPS) is 10.5. The number of anilines is 1. The number of carbonyl (C=O) groups excluding carboxylic acids is 1. The summed E-state index contributed by atoms with van der Waals surface area (Å²) < 4.78 is 0. The van der Waals surface area contributed by atoms with Crippen LogP contribution in [0.2, 0.25) is 0 Å².